The third kappa shape index (κ3) is 1.07. The summed E-state index contributed by atoms with van der Waals surface area (Å²) in [7, 11) is 0. The van der Waals surface area contributed by atoms with Crippen molar-refractivity contribution in [3.8, 4) is 0 Å². The third-order valence-corrected chi connectivity index (χ3v) is 1.52. The van der Waals surface area contributed by atoms with E-state index in [4.69, 9.17) is 5.73 Å². The Morgan fingerprint density at radius 3 is 2.58 bits per heavy atom. The van der Waals surface area contributed by atoms with Crippen molar-refractivity contribution in [3.63, 3.8) is 0 Å². The van der Waals surface area contributed by atoms with Gasteiger partial charge in [-0.2, -0.15) is 0 Å². The summed E-state index contributed by atoms with van der Waals surface area (Å²) in [6.07, 6.45) is 2.62. The van der Waals surface area contributed by atoms with Crippen molar-refractivity contribution in [2.75, 3.05) is 5.73 Å². The van der Waals surface area contributed by atoms with E-state index in [0.29, 0.717) is 16.7 Å². The van der Waals surface area contributed by atoms with Crippen molar-refractivity contribution < 1.29 is 4.39 Å². The molecule has 0 aliphatic rings. The molecule has 0 spiro atoms. The summed E-state index contributed by atoms with van der Waals surface area (Å²) in [6.45, 7) is 0. The zero-order valence-corrected chi connectivity index (χ0v) is 6.16. The Balaban J connectivity index is 2.79. The van der Waals surface area contributed by atoms with Gasteiger partial charge in [-0.25, -0.2) is 4.39 Å². The van der Waals surface area contributed by atoms with Gasteiger partial charge < -0.3 is 5.73 Å². The van der Waals surface area contributed by atoms with Gasteiger partial charge in [0.25, 0.3) is 0 Å². The lowest BCUT2D eigenvalue weighted by molar-refractivity contribution is 0.624. The van der Waals surface area contributed by atoms with Gasteiger partial charge in [0.1, 0.15) is 5.82 Å². The van der Waals surface area contributed by atoms with E-state index in [9.17, 15) is 4.39 Å². The van der Waals surface area contributed by atoms with Gasteiger partial charge in [-0.15, -0.1) is 0 Å². The van der Waals surface area contributed by atoms with Gasteiger partial charge in [0.05, 0.1) is 29.1 Å². The molecule has 0 aliphatic carbocycles. The predicted molar refractivity (Wildman–Crippen MR) is 43.9 cm³/mol. The molecule has 0 saturated carbocycles. The minimum Gasteiger partial charge on any atom is -0.397 e. The molecule has 3 nitrogen and oxygen atoms in total. The van der Waals surface area contributed by atoms with Crippen LogP contribution in [-0.2, 0) is 0 Å². The molecule has 12 heavy (non-hydrogen) atoms. The first-order valence-electron chi connectivity index (χ1n) is 3.42. The summed E-state index contributed by atoms with van der Waals surface area (Å²) in [4.78, 5) is 7.74. The topological polar surface area (TPSA) is 51.8 Å². The van der Waals surface area contributed by atoms with Crippen LogP contribution in [-0.4, -0.2) is 9.97 Å². The highest BCUT2D eigenvalue weighted by atomic mass is 19.1. The largest absolute Gasteiger partial charge is 0.397 e. The quantitative estimate of drug-likeness (QED) is 0.637. The molecule has 0 saturated heterocycles. The molecule has 0 bridgehead atoms. The van der Waals surface area contributed by atoms with Crippen molar-refractivity contribution in [1.82, 2.24) is 9.97 Å². The first-order valence-corrected chi connectivity index (χ1v) is 3.42. The van der Waals surface area contributed by atoms with Gasteiger partial charge in [0, 0.05) is 6.07 Å². The molecule has 0 amide bonds. The monoisotopic (exact) mass is 163 g/mol. The van der Waals surface area contributed by atoms with Crippen LogP contribution in [0.15, 0.2) is 24.5 Å². The maximum atomic E-state index is 12.6. The smallest absolute Gasteiger partial charge is 0.143 e. The summed E-state index contributed by atoms with van der Waals surface area (Å²) in [5.41, 5.74) is 7.12. The second-order valence-electron chi connectivity index (χ2n) is 2.46. The molecule has 4 heteroatoms. The van der Waals surface area contributed by atoms with Crippen molar-refractivity contribution in [3.05, 3.63) is 30.3 Å². The van der Waals surface area contributed by atoms with Gasteiger partial charge >= 0.3 is 0 Å². The first kappa shape index (κ1) is 6.97. The van der Waals surface area contributed by atoms with Crippen molar-refractivity contribution in [2.24, 2.45) is 0 Å². The average molecular weight is 163 g/mol. The highest BCUT2D eigenvalue weighted by Crippen LogP contribution is 2.12. The number of hydrogen-bond donors (Lipinski definition) is 1. The Bertz CT molecular complexity index is 386. The lowest BCUT2D eigenvalue weighted by Crippen LogP contribution is -1.89. The molecule has 2 heterocycles. The molecular formula is C8H6FN3. The zero-order valence-electron chi connectivity index (χ0n) is 6.16. The SMILES string of the molecule is Nc1cnc2cc(F)cnc2c1. The Kier molecular flexibility index (Phi) is 1.40. The van der Waals surface area contributed by atoms with Crippen molar-refractivity contribution >= 4 is 16.7 Å². The van der Waals surface area contributed by atoms with Crippen LogP contribution >= 0.6 is 0 Å². The maximum absolute atomic E-state index is 12.6. The number of nitrogen functional groups attached to an aromatic ring is 1. The Hall–Kier alpha value is -1.71. The van der Waals surface area contributed by atoms with Crippen LogP contribution in [0.3, 0.4) is 0 Å². The highest BCUT2D eigenvalue weighted by Gasteiger charge is 1.97. The number of hydrogen-bond acceptors (Lipinski definition) is 3. The summed E-state index contributed by atoms with van der Waals surface area (Å²) in [6, 6.07) is 2.98. The van der Waals surface area contributed by atoms with E-state index in [1.807, 2.05) is 0 Å². The number of rotatable bonds is 0. The molecule has 0 aliphatic heterocycles. The van der Waals surface area contributed by atoms with Gasteiger partial charge in [0.2, 0.25) is 0 Å². The summed E-state index contributed by atoms with van der Waals surface area (Å²) in [5.74, 6) is -0.389. The molecule has 60 valence electrons. The lowest BCUT2D eigenvalue weighted by atomic mass is 10.3. The number of nitrogens with two attached hydrogens (primary N) is 1. The van der Waals surface area contributed by atoms with E-state index in [1.54, 1.807) is 6.07 Å². The third-order valence-electron chi connectivity index (χ3n) is 1.52. The average Bonchev–Trinajstić information content (AvgIpc) is 2.05. The van der Waals surface area contributed by atoms with E-state index < -0.39 is 0 Å². The van der Waals surface area contributed by atoms with Crippen LogP contribution in [0, 0.1) is 5.82 Å². The second-order valence-corrected chi connectivity index (χ2v) is 2.46. The Morgan fingerprint density at radius 2 is 1.75 bits per heavy atom. The van der Waals surface area contributed by atoms with Crippen molar-refractivity contribution in [2.45, 2.75) is 0 Å². The van der Waals surface area contributed by atoms with Crippen molar-refractivity contribution in [1.29, 1.82) is 0 Å². The fourth-order valence-electron chi connectivity index (χ4n) is 0.993. The van der Waals surface area contributed by atoms with Gasteiger partial charge in [0.15, 0.2) is 0 Å². The molecule has 0 radical (unpaired) electrons. The second kappa shape index (κ2) is 2.41. The Labute approximate surface area is 68.1 Å². The van der Waals surface area contributed by atoms with E-state index in [0.717, 1.165) is 6.20 Å². The number of aromatic nitrogens is 2. The summed E-state index contributed by atoms with van der Waals surface area (Å²) < 4.78 is 12.6. The fourth-order valence-corrected chi connectivity index (χ4v) is 0.993. The van der Waals surface area contributed by atoms with Crippen LogP contribution in [0.1, 0.15) is 0 Å². The highest BCUT2D eigenvalue weighted by molar-refractivity contribution is 5.76. The number of halogens is 1. The fraction of sp³-hybridized carbons (Fsp3) is 0. The molecule has 2 N–H and O–H groups in total. The number of pyridine rings is 2. The van der Waals surface area contributed by atoms with E-state index >= 15 is 0 Å². The molecule has 0 fully saturated rings. The summed E-state index contributed by atoms with van der Waals surface area (Å²) >= 11 is 0. The van der Waals surface area contributed by atoms with E-state index in [1.165, 1.54) is 12.3 Å². The Morgan fingerprint density at radius 1 is 1.08 bits per heavy atom. The number of fused-ring (bicyclic) bond motifs is 1. The minimum absolute atomic E-state index is 0.389. The zero-order chi connectivity index (χ0) is 8.55. The molecule has 0 atom stereocenters. The molecule has 2 aromatic rings. The molecule has 2 rings (SSSR count). The maximum Gasteiger partial charge on any atom is 0.143 e. The lowest BCUT2D eigenvalue weighted by Gasteiger charge is -1.96. The normalized spacial score (nSPS) is 10.4. The number of anilines is 1. The van der Waals surface area contributed by atoms with E-state index in [-0.39, 0.29) is 5.82 Å². The van der Waals surface area contributed by atoms with Crippen LogP contribution in [0.25, 0.3) is 11.0 Å². The molecule has 0 unspecified atom stereocenters. The molecular weight excluding hydrogens is 157 g/mol. The minimum atomic E-state index is -0.389. The van der Waals surface area contributed by atoms with Crippen LogP contribution in [0.4, 0.5) is 10.1 Å². The molecule has 2 aromatic heterocycles. The summed E-state index contributed by atoms with van der Waals surface area (Å²) in [5, 5.41) is 0. The van der Waals surface area contributed by atoms with Crippen LogP contribution < -0.4 is 5.73 Å². The standard InChI is InChI=1S/C8H6FN3/c9-5-1-7-8(11-3-5)2-6(10)4-12-7/h1-4H,10H2. The van der Waals surface area contributed by atoms with Crippen LogP contribution in [0.5, 0.6) is 0 Å². The first-order chi connectivity index (χ1) is 5.75. The predicted octanol–water partition coefficient (Wildman–Crippen LogP) is 1.35. The van der Waals surface area contributed by atoms with Gasteiger partial charge in [-0.05, 0) is 6.07 Å². The van der Waals surface area contributed by atoms with E-state index in [2.05, 4.69) is 9.97 Å². The van der Waals surface area contributed by atoms with Gasteiger partial charge in [-0.3, -0.25) is 9.97 Å². The number of nitrogens with zero attached hydrogens (tertiary/aromatic N) is 2. The van der Waals surface area contributed by atoms with Gasteiger partial charge in [-0.1, -0.05) is 0 Å². The van der Waals surface area contributed by atoms with Crippen LogP contribution in [0.2, 0.25) is 0 Å². The molecule has 0 aromatic carbocycles.